The van der Waals surface area contributed by atoms with Crippen LogP contribution in [0, 0.1) is 0 Å². The summed E-state index contributed by atoms with van der Waals surface area (Å²) in [4.78, 5) is 0. The third-order valence-electron chi connectivity index (χ3n) is 8.96. The van der Waals surface area contributed by atoms with Gasteiger partial charge in [0.05, 0.1) is 0 Å². The highest BCUT2D eigenvalue weighted by atomic mass is 14.8. The first-order valence-corrected chi connectivity index (χ1v) is 19.1. The number of hydrogen-bond acceptors (Lipinski definition) is 1. The van der Waals surface area contributed by atoms with Crippen LogP contribution in [-0.2, 0) is 0 Å². The van der Waals surface area contributed by atoms with Crippen molar-refractivity contribution in [3.63, 3.8) is 0 Å². The summed E-state index contributed by atoms with van der Waals surface area (Å²) < 4.78 is 0. The van der Waals surface area contributed by atoms with Crippen molar-refractivity contribution in [2.75, 3.05) is 13.1 Å². The molecular weight excluding hydrogens is 470 g/mol. The van der Waals surface area contributed by atoms with Gasteiger partial charge in [-0.25, -0.2) is 0 Å². The summed E-state index contributed by atoms with van der Waals surface area (Å²) in [7, 11) is 0. The van der Waals surface area contributed by atoms with Crippen LogP contribution < -0.4 is 5.32 Å². The predicted octanol–water partition coefficient (Wildman–Crippen LogP) is 13.9. The molecule has 0 aromatic carbocycles. The van der Waals surface area contributed by atoms with Gasteiger partial charge in [-0.1, -0.05) is 226 Å². The zero-order chi connectivity index (χ0) is 28.2. The highest BCUT2D eigenvalue weighted by molar-refractivity contribution is 4.53. The first kappa shape index (κ1) is 39.0. The molecule has 0 aromatic rings. The van der Waals surface area contributed by atoms with Crippen molar-refractivity contribution >= 4 is 0 Å². The Kier molecular flexibility index (Phi) is 37.9. The Hall–Kier alpha value is -0.0400. The monoisotopic (exact) mass is 550 g/mol. The maximum absolute atomic E-state index is 3.42. The SMILES string of the molecule is CCCCCCCCCCCCCCCCCCCCCCCCCCCCCCCCCCCCNCC. The summed E-state index contributed by atoms with van der Waals surface area (Å²) in [6.45, 7) is 6.85. The topological polar surface area (TPSA) is 12.0 Å². The summed E-state index contributed by atoms with van der Waals surface area (Å²) in [5.41, 5.74) is 0. The molecule has 0 atom stereocenters. The molecule has 1 N–H and O–H groups in total. The molecule has 0 rings (SSSR count). The Morgan fingerprint density at radius 1 is 0.231 bits per heavy atom. The van der Waals surface area contributed by atoms with Crippen LogP contribution in [0.1, 0.15) is 232 Å². The number of rotatable bonds is 36. The van der Waals surface area contributed by atoms with Crippen LogP contribution in [0.2, 0.25) is 0 Å². The van der Waals surface area contributed by atoms with Gasteiger partial charge in [-0.15, -0.1) is 0 Å². The average Bonchev–Trinajstić information content (AvgIpc) is 2.95. The van der Waals surface area contributed by atoms with Gasteiger partial charge in [0.2, 0.25) is 0 Å². The van der Waals surface area contributed by atoms with Crippen molar-refractivity contribution < 1.29 is 0 Å². The summed E-state index contributed by atoms with van der Waals surface area (Å²) >= 11 is 0. The molecule has 1 nitrogen and oxygen atoms in total. The molecule has 0 saturated heterocycles. The Morgan fingerprint density at radius 2 is 0.410 bits per heavy atom. The van der Waals surface area contributed by atoms with Gasteiger partial charge in [-0.05, 0) is 19.5 Å². The molecule has 39 heavy (non-hydrogen) atoms. The van der Waals surface area contributed by atoms with Crippen LogP contribution in [-0.4, -0.2) is 13.1 Å². The van der Waals surface area contributed by atoms with Crippen molar-refractivity contribution in [1.82, 2.24) is 5.32 Å². The zero-order valence-corrected chi connectivity index (χ0v) is 28.0. The van der Waals surface area contributed by atoms with Crippen molar-refractivity contribution in [2.24, 2.45) is 0 Å². The first-order chi connectivity index (χ1) is 19.4. The van der Waals surface area contributed by atoms with Crippen LogP contribution >= 0.6 is 0 Å². The van der Waals surface area contributed by atoms with E-state index in [4.69, 9.17) is 0 Å². The number of nitrogens with one attached hydrogen (secondary N) is 1. The van der Waals surface area contributed by atoms with Gasteiger partial charge in [0.15, 0.2) is 0 Å². The normalized spacial score (nSPS) is 11.5. The van der Waals surface area contributed by atoms with E-state index in [0.717, 1.165) is 6.54 Å². The van der Waals surface area contributed by atoms with Crippen molar-refractivity contribution in [3.05, 3.63) is 0 Å². The number of hydrogen-bond donors (Lipinski definition) is 1. The van der Waals surface area contributed by atoms with Gasteiger partial charge < -0.3 is 5.32 Å². The predicted molar refractivity (Wildman–Crippen MR) is 181 cm³/mol. The average molecular weight is 550 g/mol. The molecule has 1 heteroatoms. The van der Waals surface area contributed by atoms with Gasteiger partial charge in [0.1, 0.15) is 0 Å². The van der Waals surface area contributed by atoms with Gasteiger partial charge in [0.25, 0.3) is 0 Å². The molecule has 0 amide bonds. The molecular formula is C38H79N. The fraction of sp³-hybridized carbons (Fsp3) is 1.00. The van der Waals surface area contributed by atoms with Crippen molar-refractivity contribution in [1.29, 1.82) is 0 Å². The smallest absolute Gasteiger partial charge is 0.00490 e. The van der Waals surface area contributed by atoms with Crippen molar-refractivity contribution in [2.45, 2.75) is 232 Å². The molecule has 0 aliphatic carbocycles. The summed E-state index contributed by atoms with van der Waals surface area (Å²) in [6.07, 6.45) is 50.2. The van der Waals surface area contributed by atoms with E-state index in [1.54, 1.807) is 0 Å². The molecule has 0 radical (unpaired) electrons. The minimum atomic E-state index is 1.12. The molecule has 0 aliphatic rings. The van der Waals surface area contributed by atoms with Gasteiger partial charge in [-0.3, -0.25) is 0 Å². The van der Waals surface area contributed by atoms with E-state index in [0.29, 0.717) is 0 Å². The molecule has 0 unspecified atom stereocenters. The molecule has 0 bridgehead atoms. The minimum absolute atomic E-state index is 1.12. The molecule has 236 valence electrons. The maximum Gasteiger partial charge on any atom is -0.00490 e. The lowest BCUT2D eigenvalue weighted by Crippen LogP contribution is -2.13. The van der Waals surface area contributed by atoms with E-state index in [1.807, 2.05) is 0 Å². The van der Waals surface area contributed by atoms with Gasteiger partial charge in [-0.2, -0.15) is 0 Å². The minimum Gasteiger partial charge on any atom is -0.317 e. The fourth-order valence-electron chi connectivity index (χ4n) is 6.16. The van der Waals surface area contributed by atoms with E-state index < -0.39 is 0 Å². The summed E-state index contributed by atoms with van der Waals surface area (Å²) in [6, 6.07) is 0. The lowest BCUT2D eigenvalue weighted by atomic mass is 10.0. The van der Waals surface area contributed by atoms with Crippen LogP contribution in [0.3, 0.4) is 0 Å². The van der Waals surface area contributed by atoms with E-state index in [1.165, 1.54) is 225 Å². The van der Waals surface area contributed by atoms with Crippen molar-refractivity contribution in [3.8, 4) is 0 Å². The summed E-state index contributed by atoms with van der Waals surface area (Å²) in [5, 5.41) is 3.42. The lowest BCUT2D eigenvalue weighted by molar-refractivity contribution is 0.510. The highest BCUT2D eigenvalue weighted by Crippen LogP contribution is 2.17. The second kappa shape index (κ2) is 38.0. The second-order valence-electron chi connectivity index (χ2n) is 13.0. The van der Waals surface area contributed by atoms with Crippen LogP contribution in [0.25, 0.3) is 0 Å². The standard InChI is InChI=1S/C38H79N/c1-3-5-6-7-8-9-10-11-12-13-14-15-16-17-18-19-20-21-22-23-24-25-26-27-28-29-30-31-32-33-34-35-36-37-38-39-4-2/h39H,3-38H2,1-2H3. The largest absolute Gasteiger partial charge is 0.317 e. The molecule has 0 saturated carbocycles. The maximum atomic E-state index is 3.42. The van der Waals surface area contributed by atoms with E-state index in [2.05, 4.69) is 19.2 Å². The zero-order valence-electron chi connectivity index (χ0n) is 28.0. The Morgan fingerprint density at radius 3 is 0.590 bits per heavy atom. The molecule has 0 heterocycles. The summed E-state index contributed by atoms with van der Waals surface area (Å²) in [5.74, 6) is 0. The van der Waals surface area contributed by atoms with E-state index >= 15 is 0 Å². The Labute approximate surface area is 250 Å². The first-order valence-electron chi connectivity index (χ1n) is 19.1. The third-order valence-corrected chi connectivity index (χ3v) is 8.96. The third kappa shape index (κ3) is 38.0. The lowest BCUT2D eigenvalue weighted by Gasteiger charge is -2.05. The van der Waals surface area contributed by atoms with Gasteiger partial charge in [0, 0.05) is 0 Å². The molecule has 0 aromatic heterocycles. The van der Waals surface area contributed by atoms with Gasteiger partial charge >= 0.3 is 0 Å². The fourth-order valence-corrected chi connectivity index (χ4v) is 6.16. The number of unbranched alkanes of at least 4 members (excludes halogenated alkanes) is 33. The second-order valence-corrected chi connectivity index (χ2v) is 13.0. The Bertz CT molecular complexity index is 356. The molecule has 0 fully saturated rings. The molecule has 0 aliphatic heterocycles. The van der Waals surface area contributed by atoms with E-state index in [-0.39, 0.29) is 0 Å². The highest BCUT2D eigenvalue weighted by Gasteiger charge is 1.97. The van der Waals surface area contributed by atoms with Crippen LogP contribution in [0.5, 0.6) is 0 Å². The van der Waals surface area contributed by atoms with E-state index in [9.17, 15) is 0 Å². The van der Waals surface area contributed by atoms with Crippen LogP contribution in [0.4, 0.5) is 0 Å². The molecule has 0 spiro atoms. The van der Waals surface area contributed by atoms with Crippen LogP contribution in [0.15, 0.2) is 0 Å². The Balaban J connectivity index is 3.01. The quantitative estimate of drug-likeness (QED) is 0.0766.